The third-order valence-electron chi connectivity index (χ3n) is 5.12. The highest BCUT2D eigenvalue weighted by Gasteiger charge is 2.22. The van der Waals surface area contributed by atoms with Crippen molar-refractivity contribution in [1.29, 1.82) is 0 Å². The predicted octanol–water partition coefficient (Wildman–Crippen LogP) is 4.86. The molecule has 152 valence electrons. The second-order valence-electron chi connectivity index (χ2n) is 7.38. The number of carbonyl (C=O) groups excluding carboxylic acids is 1. The van der Waals surface area contributed by atoms with Gasteiger partial charge >= 0.3 is 0 Å². The van der Waals surface area contributed by atoms with Gasteiger partial charge in [0.05, 0.1) is 23.0 Å². The Kier molecular flexibility index (Phi) is 5.26. The summed E-state index contributed by atoms with van der Waals surface area (Å²) >= 11 is 6.31. The smallest absolute Gasteiger partial charge is 0.258 e. The third-order valence-corrected chi connectivity index (χ3v) is 5.67. The molecule has 4 aromatic rings. The molecule has 0 aliphatic rings. The summed E-state index contributed by atoms with van der Waals surface area (Å²) in [6, 6.07) is 15.4. The van der Waals surface area contributed by atoms with E-state index >= 15 is 0 Å². The fourth-order valence-electron chi connectivity index (χ4n) is 3.37. The van der Waals surface area contributed by atoms with E-state index in [0.717, 1.165) is 22.5 Å². The number of aromatic nitrogens is 4. The van der Waals surface area contributed by atoms with Crippen LogP contribution in [0.4, 0.5) is 5.69 Å². The zero-order valence-electron chi connectivity index (χ0n) is 17.3. The van der Waals surface area contributed by atoms with E-state index in [4.69, 9.17) is 11.6 Å². The van der Waals surface area contributed by atoms with Crippen molar-refractivity contribution in [1.82, 2.24) is 19.6 Å². The Morgan fingerprint density at radius 3 is 2.40 bits per heavy atom. The fourth-order valence-corrected chi connectivity index (χ4v) is 3.49. The van der Waals surface area contributed by atoms with Gasteiger partial charge in [-0.2, -0.15) is 9.50 Å². The summed E-state index contributed by atoms with van der Waals surface area (Å²) in [6.07, 6.45) is 0. The largest absolute Gasteiger partial charge is 0.301 e. The van der Waals surface area contributed by atoms with E-state index in [1.54, 1.807) is 9.42 Å². The Balaban J connectivity index is 1.78. The molecule has 0 unspecified atom stereocenters. The van der Waals surface area contributed by atoms with E-state index in [1.807, 2.05) is 76.2 Å². The van der Waals surface area contributed by atoms with Gasteiger partial charge in [-0.3, -0.25) is 4.79 Å². The minimum Gasteiger partial charge on any atom is -0.301 e. The van der Waals surface area contributed by atoms with Crippen molar-refractivity contribution >= 4 is 29.0 Å². The summed E-state index contributed by atoms with van der Waals surface area (Å²) in [6.45, 7) is 7.88. The van der Waals surface area contributed by atoms with Gasteiger partial charge < -0.3 is 4.90 Å². The molecule has 0 aliphatic carbocycles. The number of carbonyl (C=O) groups is 1. The van der Waals surface area contributed by atoms with E-state index in [9.17, 15) is 4.79 Å². The van der Waals surface area contributed by atoms with Gasteiger partial charge in [-0.25, -0.2) is 4.98 Å². The van der Waals surface area contributed by atoms with Gasteiger partial charge in [0, 0.05) is 11.3 Å². The Hall–Kier alpha value is -3.25. The summed E-state index contributed by atoms with van der Waals surface area (Å²) in [7, 11) is 0. The Morgan fingerprint density at radius 2 is 1.70 bits per heavy atom. The maximum Gasteiger partial charge on any atom is 0.258 e. The first-order chi connectivity index (χ1) is 14.3. The summed E-state index contributed by atoms with van der Waals surface area (Å²) in [5.41, 5.74) is 4.94. The van der Waals surface area contributed by atoms with Crippen LogP contribution >= 0.6 is 11.6 Å². The molecule has 0 atom stereocenters. The van der Waals surface area contributed by atoms with Gasteiger partial charge in [0.1, 0.15) is 0 Å². The normalized spacial score (nSPS) is 11.1. The summed E-state index contributed by atoms with van der Waals surface area (Å²) < 4.78 is 1.62. The number of hydrogen-bond donors (Lipinski definition) is 0. The van der Waals surface area contributed by atoms with E-state index in [2.05, 4.69) is 15.1 Å². The number of amides is 1. The lowest BCUT2D eigenvalue weighted by atomic mass is 10.1. The number of anilines is 1. The average Bonchev–Trinajstić information content (AvgIpc) is 3.13. The van der Waals surface area contributed by atoms with E-state index in [1.165, 1.54) is 0 Å². The second kappa shape index (κ2) is 7.88. The fraction of sp³-hybridized carbons (Fsp3) is 0.217. The molecule has 2 aromatic heterocycles. The number of aryl methyl sites for hydroxylation is 4. The van der Waals surface area contributed by atoms with Crippen LogP contribution < -0.4 is 4.90 Å². The van der Waals surface area contributed by atoms with Crippen LogP contribution in [-0.2, 0) is 6.54 Å². The van der Waals surface area contributed by atoms with Crippen LogP contribution in [0.3, 0.4) is 0 Å². The summed E-state index contributed by atoms with van der Waals surface area (Å²) in [5.74, 6) is 0.862. The maximum absolute atomic E-state index is 13.5. The monoisotopic (exact) mass is 419 g/mol. The highest BCUT2D eigenvalue weighted by Crippen LogP contribution is 2.23. The van der Waals surface area contributed by atoms with Crippen LogP contribution in [0, 0.1) is 27.7 Å². The molecule has 1 amide bonds. The lowest BCUT2D eigenvalue weighted by Gasteiger charge is -2.22. The highest BCUT2D eigenvalue weighted by molar-refractivity contribution is 6.31. The van der Waals surface area contributed by atoms with Gasteiger partial charge in [-0.15, -0.1) is 5.10 Å². The van der Waals surface area contributed by atoms with Crippen molar-refractivity contribution in [3.8, 4) is 0 Å². The van der Waals surface area contributed by atoms with Crippen molar-refractivity contribution in [3.05, 3.63) is 87.5 Å². The molecule has 0 aliphatic heterocycles. The minimum absolute atomic E-state index is 0.102. The molecule has 2 heterocycles. The van der Waals surface area contributed by atoms with Crippen molar-refractivity contribution in [2.75, 3.05) is 4.90 Å². The van der Waals surface area contributed by atoms with Gasteiger partial charge in [0.15, 0.2) is 5.82 Å². The van der Waals surface area contributed by atoms with Crippen LogP contribution in [-0.4, -0.2) is 25.5 Å². The predicted molar refractivity (Wildman–Crippen MR) is 118 cm³/mol. The molecule has 4 rings (SSSR count). The number of rotatable bonds is 4. The second-order valence-corrected chi connectivity index (χ2v) is 7.76. The first-order valence-electron chi connectivity index (χ1n) is 9.67. The van der Waals surface area contributed by atoms with Crippen LogP contribution in [0.2, 0.25) is 5.02 Å². The van der Waals surface area contributed by atoms with E-state index in [0.29, 0.717) is 27.9 Å². The van der Waals surface area contributed by atoms with E-state index < -0.39 is 0 Å². The standard InChI is InChI=1S/C23H22ClN5O/c1-14-9-11-18(12-10-14)28(22(30)19-8-6-5-7-15(19)2)13-20-26-23-25-16(3)21(24)17(4)29(23)27-20/h5-12H,13H2,1-4H3. The molecule has 0 bridgehead atoms. The van der Waals surface area contributed by atoms with Gasteiger partial charge in [-0.1, -0.05) is 47.5 Å². The number of hydrogen-bond acceptors (Lipinski definition) is 4. The van der Waals surface area contributed by atoms with Crippen LogP contribution in [0.1, 0.15) is 38.7 Å². The quantitative estimate of drug-likeness (QED) is 0.474. The molecule has 30 heavy (non-hydrogen) atoms. The van der Waals surface area contributed by atoms with Crippen molar-refractivity contribution in [3.63, 3.8) is 0 Å². The number of fused-ring (bicyclic) bond motifs is 1. The maximum atomic E-state index is 13.5. The molecule has 0 saturated carbocycles. The first-order valence-corrected chi connectivity index (χ1v) is 10.1. The number of benzene rings is 2. The SMILES string of the molecule is Cc1ccc(N(Cc2nc3nc(C)c(Cl)c(C)n3n2)C(=O)c2ccccc2C)cc1. The average molecular weight is 420 g/mol. The molecule has 2 aromatic carbocycles. The molecular weight excluding hydrogens is 398 g/mol. The first kappa shape index (κ1) is 20.0. The molecule has 0 N–H and O–H groups in total. The zero-order chi connectivity index (χ0) is 21.4. The summed E-state index contributed by atoms with van der Waals surface area (Å²) in [5, 5.41) is 5.12. The topological polar surface area (TPSA) is 63.4 Å². The van der Waals surface area contributed by atoms with Gasteiger partial charge in [0.25, 0.3) is 11.7 Å². The lowest BCUT2D eigenvalue weighted by Crippen LogP contribution is -2.31. The third kappa shape index (κ3) is 3.66. The Morgan fingerprint density at radius 1 is 1.00 bits per heavy atom. The van der Waals surface area contributed by atoms with Crippen LogP contribution in [0.15, 0.2) is 48.5 Å². The molecule has 0 fully saturated rings. The highest BCUT2D eigenvalue weighted by atomic mass is 35.5. The van der Waals surface area contributed by atoms with Gasteiger partial charge in [0.2, 0.25) is 0 Å². The Bertz CT molecular complexity index is 1250. The van der Waals surface area contributed by atoms with Crippen molar-refractivity contribution in [2.45, 2.75) is 34.2 Å². The molecular formula is C23H22ClN5O. The number of nitrogens with zero attached hydrogens (tertiary/aromatic N) is 5. The lowest BCUT2D eigenvalue weighted by molar-refractivity contribution is 0.0984. The molecule has 7 heteroatoms. The van der Waals surface area contributed by atoms with Crippen LogP contribution in [0.25, 0.3) is 5.78 Å². The molecule has 0 saturated heterocycles. The Labute approximate surface area is 180 Å². The minimum atomic E-state index is -0.102. The van der Waals surface area contributed by atoms with Crippen LogP contribution in [0.5, 0.6) is 0 Å². The molecule has 6 nitrogen and oxygen atoms in total. The molecule has 0 radical (unpaired) electrons. The zero-order valence-corrected chi connectivity index (χ0v) is 18.1. The summed E-state index contributed by atoms with van der Waals surface area (Å²) in [4.78, 5) is 24.1. The van der Waals surface area contributed by atoms with Gasteiger partial charge in [-0.05, 0) is 51.5 Å². The van der Waals surface area contributed by atoms with Crippen molar-refractivity contribution < 1.29 is 4.79 Å². The number of halogens is 1. The molecule has 0 spiro atoms. The van der Waals surface area contributed by atoms with Crippen molar-refractivity contribution in [2.24, 2.45) is 0 Å². The van der Waals surface area contributed by atoms with E-state index in [-0.39, 0.29) is 12.5 Å².